The predicted octanol–water partition coefficient (Wildman–Crippen LogP) is 2.64. The molecule has 2 rings (SSSR count). The molecule has 2 fully saturated rings. The molecule has 1 aliphatic carbocycles. The topological polar surface area (TPSA) is 15.3 Å². The first kappa shape index (κ1) is 12.4. The van der Waals surface area contributed by atoms with Gasteiger partial charge in [0.1, 0.15) is 0 Å². The van der Waals surface area contributed by atoms with Gasteiger partial charge in [-0.3, -0.25) is 4.90 Å². The van der Waals surface area contributed by atoms with Crippen molar-refractivity contribution >= 4 is 0 Å². The number of piperidine rings is 1. The largest absolute Gasteiger partial charge is 0.315 e. The molecular formula is C14H28N2. The van der Waals surface area contributed by atoms with Gasteiger partial charge in [0, 0.05) is 12.1 Å². The van der Waals surface area contributed by atoms with Crippen molar-refractivity contribution in [3.63, 3.8) is 0 Å². The van der Waals surface area contributed by atoms with Crippen LogP contribution < -0.4 is 5.32 Å². The van der Waals surface area contributed by atoms with E-state index in [-0.39, 0.29) is 0 Å². The van der Waals surface area contributed by atoms with Crippen LogP contribution in [0.2, 0.25) is 0 Å². The predicted molar refractivity (Wildman–Crippen MR) is 69.7 cm³/mol. The Hall–Kier alpha value is -0.0800. The van der Waals surface area contributed by atoms with E-state index in [9.17, 15) is 0 Å². The van der Waals surface area contributed by atoms with Gasteiger partial charge >= 0.3 is 0 Å². The Kier molecular flexibility index (Phi) is 3.91. The van der Waals surface area contributed by atoms with Crippen LogP contribution in [-0.4, -0.2) is 37.1 Å². The van der Waals surface area contributed by atoms with Crippen molar-refractivity contribution in [2.75, 3.05) is 20.1 Å². The summed E-state index contributed by atoms with van der Waals surface area (Å²) >= 11 is 0. The Morgan fingerprint density at radius 1 is 1.06 bits per heavy atom. The van der Waals surface area contributed by atoms with Crippen LogP contribution >= 0.6 is 0 Å². The second-order valence-electron chi connectivity index (χ2n) is 6.31. The maximum Gasteiger partial charge on any atom is 0.0271 e. The SMILES string of the molecule is CNC1C(N2CCCCC2)CCCC1(C)C. The second kappa shape index (κ2) is 5.05. The standard InChI is InChI=1S/C14H28N2/c1-14(2)9-7-8-12(13(14)15-3)16-10-5-4-6-11-16/h12-13,15H,4-11H2,1-3H3. The number of hydrogen-bond donors (Lipinski definition) is 1. The molecule has 0 radical (unpaired) electrons. The summed E-state index contributed by atoms with van der Waals surface area (Å²) in [6.45, 7) is 7.53. The van der Waals surface area contributed by atoms with Crippen LogP contribution in [0.1, 0.15) is 52.4 Å². The van der Waals surface area contributed by atoms with Gasteiger partial charge in [0.15, 0.2) is 0 Å². The van der Waals surface area contributed by atoms with Crippen LogP contribution in [0, 0.1) is 5.41 Å². The number of nitrogens with zero attached hydrogens (tertiary/aromatic N) is 1. The van der Waals surface area contributed by atoms with Crippen molar-refractivity contribution in [3.05, 3.63) is 0 Å². The monoisotopic (exact) mass is 224 g/mol. The Bertz CT molecular complexity index is 219. The van der Waals surface area contributed by atoms with Gasteiger partial charge in [-0.05, 0) is 51.2 Å². The van der Waals surface area contributed by atoms with Crippen molar-refractivity contribution in [3.8, 4) is 0 Å². The minimum atomic E-state index is 0.467. The normalized spacial score (nSPS) is 36.2. The lowest BCUT2D eigenvalue weighted by Crippen LogP contribution is -2.58. The number of rotatable bonds is 2. The number of likely N-dealkylation sites (N-methyl/N-ethyl adjacent to an activating group) is 1. The maximum atomic E-state index is 3.60. The molecule has 0 spiro atoms. The van der Waals surface area contributed by atoms with Crippen LogP contribution in [0.5, 0.6) is 0 Å². The fraction of sp³-hybridized carbons (Fsp3) is 1.00. The molecule has 0 amide bonds. The van der Waals surface area contributed by atoms with Crippen LogP contribution in [-0.2, 0) is 0 Å². The minimum Gasteiger partial charge on any atom is -0.315 e. The van der Waals surface area contributed by atoms with Gasteiger partial charge in [0.2, 0.25) is 0 Å². The highest BCUT2D eigenvalue weighted by Crippen LogP contribution is 2.38. The molecule has 1 aliphatic heterocycles. The van der Waals surface area contributed by atoms with E-state index in [0.29, 0.717) is 11.5 Å². The molecule has 2 heteroatoms. The van der Waals surface area contributed by atoms with E-state index in [1.807, 2.05) is 0 Å². The highest BCUT2D eigenvalue weighted by atomic mass is 15.2. The molecule has 1 heterocycles. The third kappa shape index (κ3) is 2.43. The van der Waals surface area contributed by atoms with Gasteiger partial charge in [-0.25, -0.2) is 0 Å². The first-order valence-corrected chi connectivity index (χ1v) is 7.06. The molecular weight excluding hydrogens is 196 g/mol. The molecule has 0 aromatic rings. The van der Waals surface area contributed by atoms with E-state index in [0.717, 1.165) is 6.04 Å². The molecule has 1 saturated carbocycles. The number of likely N-dealkylation sites (tertiary alicyclic amines) is 1. The van der Waals surface area contributed by atoms with E-state index in [1.165, 1.54) is 51.6 Å². The fourth-order valence-electron chi connectivity index (χ4n) is 3.84. The van der Waals surface area contributed by atoms with E-state index in [2.05, 4.69) is 31.1 Å². The van der Waals surface area contributed by atoms with E-state index in [4.69, 9.17) is 0 Å². The summed E-state index contributed by atoms with van der Waals surface area (Å²) in [5.74, 6) is 0. The quantitative estimate of drug-likeness (QED) is 0.776. The van der Waals surface area contributed by atoms with Gasteiger partial charge in [-0.15, -0.1) is 0 Å². The zero-order valence-electron chi connectivity index (χ0n) is 11.3. The van der Waals surface area contributed by atoms with Crippen molar-refractivity contribution in [1.29, 1.82) is 0 Å². The van der Waals surface area contributed by atoms with E-state index in [1.54, 1.807) is 0 Å². The number of hydrogen-bond acceptors (Lipinski definition) is 2. The summed E-state index contributed by atoms with van der Waals surface area (Å²) in [6.07, 6.45) is 8.45. The summed E-state index contributed by atoms with van der Waals surface area (Å²) in [5, 5.41) is 3.60. The summed E-state index contributed by atoms with van der Waals surface area (Å²) < 4.78 is 0. The molecule has 1 N–H and O–H groups in total. The zero-order valence-corrected chi connectivity index (χ0v) is 11.3. The minimum absolute atomic E-state index is 0.467. The average Bonchev–Trinajstić information content (AvgIpc) is 2.28. The molecule has 1 saturated heterocycles. The summed E-state index contributed by atoms with van der Waals surface area (Å²) in [6, 6.07) is 1.47. The lowest BCUT2D eigenvalue weighted by atomic mass is 9.70. The van der Waals surface area contributed by atoms with Crippen molar-refractivity contribution in [2.45, 2.75) is 64.5 Å². The third-order valence-corrected chi connectivity index (χ3v) is 4.72. The Morgan fingerprint density at radius 3 is 2.38 bits per heavy atom. The van der Waals surface area contributed by atoms with E-state index >= 15 is 0 Å². The van der Waals surface area contributed by atoms with Crippen LogP contribution in [0.25, 0.3) is 0 Å². The summed E-state index contributed by atoms with van der Waals surface area (Å²) in [7, 11) is 2.15. The van der Waals surface area contributed by atoms with Crippen LogP contribution in [0.3, 0.4) is 0 Å². The Morgan fingerprint density at radius 2 is 1.75 bits per heavy atom. The molecule has 2 nitrogen and oxygen atoms in total. The van der Waals surface area contributed by atoms with Gasteiger partial charge in [0.05, 0.1) is 0 Å². The highest BCUT2D eigenvalue weighted by Gasteiger charge is 2.40. The smallest absolute Gasteiger partial charge is 0.0271 e. The first-order chi connectivity index (χ1) is 7.65. The van der Waals surface area contributed by atoms with E-state index < -0.39 is 0 Å². The lowest BCUT2D eigenvalue weighted by Gasteiger charge is -2.49. The molecule has 16 heavy (non-hydrogen) atoms. The van der Waals surface area contributed by atoms with Gasteiger partial charge < -0.3 is 5.32 Å². The molecule has 0 bridgehead atoms. The van der Waals surface area contributed by atoms with Gasteiger partial charge in [-0.1, -0.05) is 26.7 Å². The first-order valence-electron chi connectivity index (χ1n) is 7.06. The maximum absolute atomic E-state index is 3.60. The molecule has 0 aromatic heterocycles. The van der Waals surface area contributed by atoms with Gasteiger partial charge in [-0.2, -0.15) is 0 Å². The molecule has 94 valence electrons. The van der Waals surface area contributed by atoms with Crippen LogP contribution in [0.15, 0.2) is 0 Å². The zero-order chi connectivity index (χ0) is 11.6. The summed E-state index contributed by atoms with van der Waals surface area (Å²) in [5.41, 5.74) is 0.467. The molecule has 2 aliphatic rings. The van der Waals surface area contributed by atoms with Crippen molar-refractivity contribution < 1.29 is 0 Å². The Labute approximate surface area is 101 Å². The molecule has 2 unspecified atom stereocenters. The van der Waals surface area contributed by atoms with Crippen molar-refractivity contribution in [1.82, 2.24) is 10.2 Å². The second-order valence-corrected chi connectivity index (χ2v) is 6.31. The Balaban J connectivity index is 2.05. The van der Waals surface area contributed by atoms with Crippen molar-refractivity contribution in [2.24, 2.45) is 5.41 Å². The molecule has 2 atom stereocenters. The average molecular weight is 224 g/mol. The van der Waals surface area contributed by atoms with Crippen LogP contribution in [0.4, 0.5) is 0 Å². The summed E-state index contributed by atoms with van der Waals surface area (Å²) in [4.78, 5) is 2.76. The highest BCUT2D eigenvalue weighted by molar-refractivity contribution is 4.97. The van der Waals surface area contributed by atoms with Gasteiger partial charge in [0.25, 0.3) is 0 Å². The lowest BCUT2D eigenvalue weighted by molar-refractivity contribution is 0.0413. The number of nitrogens with one attached hydrogen (secondary N) is 1. The molecule has 0 aromatic carbocycles. The fourth-order valence-corrected chi connectivity index (χ4v) is 3.84. The third-order valence-electron chi connectivity index (χ3n) is 4.72.